The van der Waals surface area contributed by atoms with Crippen molar-refractivity contribution in [2.24, 2.45) is 0 Å². The van der Waals surface area contributed by atoms with E-state index in [1.807, 2.05) is 51.1 Å². The maximum Gasteiger partial charge on any atom is 0.276 e. The van der Waals surface area contributed by atoms with Crippen LogP contribution in [0.2, 0.25) is 0 Å². The van der Waals surface area contributed by atoms with E-state index < -0.39 is 10.8 Å². The van der Waals surface area contributed by atoms with Gasteiger partial charge in [-0.3, -0.25) is 14.9 Å². The molecule has 1 amide bonds. The second kappa shape index (κ2) is 10.1. The molecule has 3 aromatic carbocycles. The Balaban J connectivity index is 1.47. The maximum atomic E-state index is 12.8. The summed E-state index contributed by atoms with van der Waals surface area (Å²) in [5.74, 6) is 0.989. The van der Waals surface area contributed by atoms with Gasteiger partial charge in [0.05, 0.1) is 16.7 Å². The fraction of sp³-hybridized carbons (Fsp3) is 0.154. The van der Waals surface area contributed by atoms with Crippen molar-refractivity contribution < 1.29 is 19.2 Å². The number of hydrogen-bond acceptors (Lipinski definition) is 6. The van der Waals surface area contributed by atoms with Crippen LogP contribution in [-0.4, -0.2) is 20.6 Å². The molecule has 1 aromatic heterocycles. The zero-order chi connectivity index (χ0) is 24.9. The van der Waals surface area contributed by atoms with E-state index in [1.165, 1.54) is 22.9 Å². The molecular formula is C26H24N4O5. The molecule has 9 nitrogen and oxygen atoms in total. The van der Waals surface area contributed by atoms with Crippen molar-refractivity contribution in [1.29, 1.82) is 0 Å². The van der Waals surface area contributed by atoms with Gasteiger partial charge in [0.2, 0.25) is 0 Å². The van der Waals surface area contributed by atoms with Crippen molar-refractivity contribution >= 4 is 17.3 Å². The fourth-order valence-electron chi connectivity index (χ4n) is 3.52. The highest BCUT2D eigenvalue weighted by Crippen LogP contribution is 2.31. The number of aromatic nitrogens is 2. The number of nitro groups is 1. The minimum Gasteiger partial charge on any atom is -0.471 e. The summed E-state index contributed by atoms with van der Waals surface area (Å²) in [6.07, 6.45) is 1.62. The van der Waals surface area contributed by atoms with Gasteiger partial charge < -0.3 is 14.8 Å². The van der Waals surface area contributed by atoms with Gasteiger partial charge in [0.15, 0.2) is 12.4 Å². The Morgan fingerprint density at radius 1 is 1.00 bits per heavy atom. The molecule has 0 spiro atoms. The monoisotopic (exact) mass is 472 g/mol. The number of nitrogens with one attached hydrogen (secondary N) is 1. The highest BCUT2D eigenvalue weighted by atomic mass is 16.6. The molecule has 1 N–H and O–H groups in total. The van der Waals surface area contributed by atoms with Crippen LogP contribution in [0.25, 0.3) is 0 Å². The van der Waals surface area contributed by atoms with E-state index in [4.69, 9.17) is 9.47 Å². The number of amides is 1. The van der Waals surface area contributed by atoms with Gasteiger partial charge in [0, 0.05) is 18.3 Å². The third-order valence-electron chi connectivity index (χ3n) is 5.11. The Morgan fingerprint density at radius 2 is 1.74 bits per heavy atom. The van der Waals surface area contributed by atoms with E-state index >= 15 is 0 Å². The zero-order valence-corrected chi connectivity index (χ0v) is 19.5. The Bertz CT molecular complexity index is 1380. The highest BCUT2D eigenvalue weighted by Gasteiger charge is 2.16. The third kappa shape index (κ3) is 6.02. The van der Waals surface area contributed by atoms with Gasteiger partial charge in [0.25, 0.3) is 11.6 Å². The number of carbonyl (C=O) groups excluding carboxylic acids is 1. The summed E-state index contributed by atoms with van der Waals surface area (Å²) in [5.41, 5.74) is 3.19. The van der Waals surface area contributed by atoms with E-state index in [0.29, 0.717) is 11.5 Å². The topological polar surface area (TPSA) is 109 Å². The number of benzene rings is 3. The number of aryl methyl sites for hydroxylation is 3. The quantitative estimate of drug-likeness (QED) is 0.257. The van der Waals surface area contributed by atoms with Gasteiger partial charge in [-0.25, -0.2) is 4.68 Å². The van der Waals surface area contributed by atoms with Crippen LogP contribution in [0.15, 0.2) is 72.9 Å². The molecule has 178 valence electrons. The van der Waals surface area contributed by atoms with Crippen molar-refractivity contribution in [2.75, 3.05) is 5.32 Å². The Hall–Kier alpha value is -4.66. The number of para-hydroxylation sites is 1. The van der Waals surface area contributed by atoms with Gasteiger partial charge in [-0.2, -0.15) is 5.10 Å². The lowest BCUT2D eigenvalue weighted by molar-refractivity contribution is -0.384. The number of anilines is 1. The van der Waals surface area contributed by atoms with Crippen LogP contribution in [-0.2, 0) is 6.73 Å². The zero-order valence-electron chi connectivity index (χ0n) is 19.5. The molecule has 0 aliphatic carbocycles. The molecule has 0 saturated carbocycles. The fourth-order valence-corrected chi connectivity index (χ4v) is 3.52. The Kier molecular flexibility index (Phi) is 6.77. The van der Waals surface area contributed by atoms with Crippen LogP contribution in [0, 0.1) is 30.9 Å². The van der Waals surface area contributed by atoms with Gasteiger partial charge in [0.1, 0.15) is 17.2 Å². The normalized spacial score (nSPS) is 10.6. The van der Waals surface area contributed by atoms with Gasteiger partial charge >= 0.3 is 0 Å². The lowest BCUT2D eigenvalue weighted by Crippen LogP contribution is -2.14. The number of nitrogens with zero attached hydrogens (tertiary/aromatic N) is 3. The summed E-state index contributed by atoms with van der Waals surface area (Å²) in [6.45, 7) is 5.97. The molecule has 0 aliphatic rings. The predicted octanol–water partition coefficient (Wildman–Crippen LogP) is 5.80. The number of ether oxygens (including phenoxy) is 2. The van der Waals surface area contributed by atoms with Crippen molar-refractivity contribution in [2.45, 2.75) is 27.5 Å². The van der Waals surface area contributed by atoms with E-state index in [2.05, 4.69) is 16.5 Å². The largest absolute Gasteiger partial charge is 0.471 e. The van der Waals surface area contributed by atoms with Crippen LogP contribution in [0.5, 0.6) is 17.2 Å². The number of rotatable bonds is 8. The average molecular weight is 473 g/mol. The summed E-state index contributed by atoms with van der Waals surface area (Å²) >= 11 is 0. The lowest BCUT2D eigenvalue weighted by atomic mass is 10.1. The first-order chi connectivity index (χ1) is 16.8. The maximum absolute atomic E-state index is 12.8. The summed E-state index contributed by atoms with van der Waals surface area (Å²) in [4.78, 5) is 23.6. The van der Waals surface area contributed by atoms with Crippen molar-refractivity contribution in [1.82, 2.24) is 9.78 Å². The number of carbonyl (C=O) groups is 1. The first-order valence-corrected chi connectivity index (χ1v) is 10.9. The molecule has 0 atom stereocenters. The Labute approximate surface area is 202 Å². The summed E-state index contributed by atoms with van der Waals surface area (Å²) in [7, 11) is 0. The first-order valence-electron chi connectivity index (χ1n) is 10.9. The molecular weight excluding hydrogens is 448 g/mol. The van der Waals surface area contributed by atoms with E-state index in [0.717, 1.165) is 16.7 Å². The van der Waals surface area contributed by atoms with Crippen LogP contribution in [0.1, 0.15) is 27.2 Å². The SMILES string of the molecule is Cc1cc(C)cc(OCn2ccc(C(=O)Nc3cc(Oc4ccccc4C)cc([N+](=O)[O-])c3)n2)c1. The number of non-ortho nitro benzene ring substituents is 1. The van der Waals surface area contributed by atoms with Gasteiger partial charge in [-0.15, -0.1) is 0 Å². The molecule has 0 unspecified atom stereocenters. The molecule has 1 heterocycles. The molecule has 0 saturated heterocycles. The van der Waals surface area contributed by atoms with Crippen LogP contribution in [0.3, 0.4) is 0 Å². The molecule has 4 rings (SSSR count). The standard InChI is InChI=1S/C26H24N4O5/c1-17-10-18(2)12-22(11-17)34-16-29-9-8-24(28-29)26(31)27-20-13-21(30(32)33)15-23(14-20)35-25-7-5-4-6-19(25)3/h4-15H,16H2,1-3H3,(H,27,31). The summed E-state index contributed by atoms with van der Waals surface area (Å²) < 4.78 is 13.1. The molecule has 0 bridgehead atoms. The van der Waals surface area contributed by atoms with Crippen LogP contribution < -0.4 is 14.8 Å². The van der Waals surface area contributed by atoms with E-state index in [9.17, 15) is 14.9 Å². The summed E-state index contributed by atoms with van der Waals surface area (Å²) in [5, 5.41) is 18.3. The smallest absolute Gasteiger partial charge is 0.276 e. The molecule has 4 aromatic rings. The second-order valence-corrected chi connectivity index (χ2v) is 8.13. The van der Waals surface area contributed by atoms with Crippen molar-refractivity contribution in [3.05, 3.63) is 105 Å². The first kappa shape index (κ1) is 23.5. The molecule has 35 heavy (non-hydrogen) atoms. The van der Waals surface area contributed by atoms with Gasteiger partial charge in [-0.1, -0.05) is 24.3 Å². The van der Waals surface area contributed by atoms with Gasteiger partial charge in [-0.05, 0) is 61.7 Å². The Morgan fingerprint density at radius 3 is 2.46 bits per heavy atom. The predicted molar refractivity (Wildman–Crippen MR) is 131 cm³/mol. The van der Waals surface area contributed by atoms with E-state index in [1.54, 1.807) is 18.3 Å². The molecule has 0 radical (unpaired) electrons. The molecule has 0 aliphatic heterocycles. The minimum absolute atomic E-state index is 0.126. The lowest BCUT2D eigenvalue weighted by Gasteiger charge is -2.10. The second-order valence-electron chi connectivity index (χ2n) is 8.13. The minimum atomic E-state index is -0.542. The van der Waals surface area contributed by atoms with Crippen LogP contribution >= 0.6 is 0 Å². The third-order valence-corrected chi connectivity index (χ3v) is 5.11. The summed E-state index contributed by atoms with van der Waals surface area (Å²) in [6, 6.07) is 18.8. The van der Waals surface area contributed by atoms with Crippen LogP contribution in [0.4, 0.5) is 11.4 Å². The van der Waals surface area contributed by atoms with Crippen molar-refractivity contribution in [3.8, 4) is 17.2 Å². The number of nitro benzene ring substituents is 1. The highest BCUT2D eigenvalue weighted by molar-refractivity contribution is 6.03. The van der Waals surface area contributed by atoms with Crippen molar-refractivity contribution in [3.63, 3.8) is 0 Å². The molecule has 9 heteroatoms. The van der Waals surface area contributed by atoms with E-state index in [-0.39, 0.29) is 29.5 Å². The average Bonchev–Trinajstić information content (AvgIpc) is 3.28. The molecule has 0 fully saturated rings. The number of hydrogen-bond donors (Lipinski definition) is 1.